The van der Waals surface area contributed by atoms with Gasteiger partial charge >= 0.3 is 6.02 Å². The van der Waals surface area contributed by atoms with Gasteiger partial charge in [0.2, 0.25) is 6.19 Å². The van der Waals surface area contributed by atoms with Crippen molar-refractivity contribution in [1.29, 1.82) is 5.26 Å². The lowest BCUT2D eigenvalue weighted by Gasteiger charge is -2.36. The fraction of sp³-hybridized carbons (Fsp3) is 0.222. The second-order valence-electron chi connectivity index (χ2n) is 5.48. The van der Waals surface area contributed by atoms with Crippen molar-refractivity contribution in [2.24, 2.45) is 4.99 Å². The Morgan fingerprint density at radius 2 is 1.84 bits per heavy atom. The highest BCUT2D eigenvalue weighted by molar-refractivity contribution is 6.30. The molecule has 0 saturated carbocycles. The van der Waals surface area contributed by atoms with Crippen LogP contribution in [0.5, 0.6) is 5.75 Å². The largest absolute Gasteiger partial charge is 0.425 e. The summed E-state index contributed by atoms with van der Waals surface area (Å²) in [6.07, 6.45) is 1.78. The summed E-state index contributed by atoms with van der Waals surface area (Å²) in [7, 11) is 0. The minimum absolute atomic E-state index is 0.255. The molecule has 7 heteroatoms. The number of amidine groups is 1. The zero-order chi connectivity index (χ0) is 17.6. The van der Waals surface area contributed by atoms with Gasteiger partial charge in [-0.3, -0.25) is 0 Å². The van der Waals surface area contributed by atoms with Crippen LogP contribution < -0.4 is 9.64 Å². The van der Waals surface area contributed by atoms with Crippen molar-refractivity contribution in [1.82, 2.24) is 4.90 Å². The molecule has 0 spiro atoms. The Bertz CT molecular complexity index is 798. The Morgan fingerprint density at radius 3 is 2.48 bits per heavy atom. The quantitative estimate of drug-likeness (QED) is 0.468. The van der Waals surface area contributed by atoms with Gasteiger partial charge in [0.15, 0.2) is 0 Å². The third-order valence-corrected chi connectivity index (χ3v) is 4.13. The number of halogens is 2. The van der Waals surface area contributed by atoms with E-state index in [0.29, 0.717) is 42.6 Å². The Hall–Kier alpha value is -2.78. The molecule has 25 heavy (non-hydrogen) atoms. The molecule has 0 N–H and O–H groups in total. The first-order valence-electron chi connectivity index (χ1n) is 7.82. The van der Waals surface area contributed by atoms with Gasteiger partial charge in [-0.1, -0.05) is 29.8 Å². The number of aliphatic imine (C=N–C) groups is 1. The summed E-state index contributed by atoms with van der Waals surface area (Å²) in [5.74, 6) is 0.273. The molecule has 5 nitrogen and oxygen atoms in total. The van der Waals surface area contributed by atoms with E-state index < -0.39 is 0 Å². The first-order chi connectivity index (χ1) is 12.2. The number of benzene rings is 2. The van der Waals surface area contributed by atoms with Crippen LogP contribution in [-0.2, 0) is 0 Å². The zero-order valence-electron chi connectivity index (χ0n) is 13.4. The van der Waals surface area contributed by atoms with E-state index in [2.05, 4.69) is 4.99 Å². The van der Waals surface area contributed by atoms with E-state index in [1.807, 2.05) is 28.0 Å². The molecule has 0 atom stereocenters. The molecule has 0 amide bonds. The monoisotopic (exact) mass is 358 g/mol. The molecule has 1 heterocycles. The number of rotatable bonds is 2. The fourth-order valence-corrected chi connectivity index (χ4v) is 2.83. The third kappa shape index (κ3) is 4.20. The summed E-state index contributed by atoms with van der Waals surface area (Å²) >= 11 is 5.80. The number of anilines is 1. The number of para-hydroxylation sites is 1. The smallest absolute Gasteiger partial charge is 0.308 e. The molecule has 3 rings (SSSR count). The Kier molecular flexibility index (Phi) is 5.36. The summed E-state index contributed by atoms with van der Waals surface area (Å²) in [5.41, 5.74) is 0.520. The van der Waals surface area contributed by atoms with E-state index in [1.54, 1.807) is 30.5 Å². The molecule has 0 aromatic heterocycles. The average molecular weight is 359 g/mol. The van der Waals surface area contributed by atoms with E-state index in [9.17, 15) is 4.39 Å². The van der Waals surface area contributed by atoms with Crippen LogP contribution in [0.1, 0.15) is 0 Å². The lowest BCUT2D eigenvalue weighted by Crippen LogP contribution is -2.50. The van der Waals surface area contributed by atoms with Crippen LogP contribution in [0.4, 0.5) is 10.1 Å². The Labute approximate surface area is 150 Å². The second-order valence-corrected chi connectivity index (χ2v) is 5.92. The maximum absolute atomic E-state index is 14.1. The molecule has 1 aliphatic rings. The molecule has 1 aliphatic heterocycles. The number of piperazine rings is 1. The van der Waals surface area contributed by atoms with Crippen LogP contribution in [0.25, 0.3) is 0 Å². The van der Waals surface area contributed by atoms with Crippen LogP contribution in [-0.4, -0.2) is 37.1 Å². The summed E-state index contributed by atoms with van der Waals surface area (Å²) in [5, 5.41) is 9.30. The third-order valence-electron chi connectivity index (χ3n) is 3.90. The number of hydrogen-bond donors (Lipinski definition) is 0. The van der Waals surface area contributed by atoms with Gasteiger partial charge in [0, 0.05) is 31.2 Å². The first kappa shape index (κ1) is 17.1. The Balaban J connectivity index is 1.67. The molecule has 2 aromatic rings. The minimum atomic E-state index is -0.340. The fourth-order valence-electron chi connectivity index (χ4n) is 2.67. The average Bonchev–Trinajstić information content (AvgIpc) is 2.63. The molecule has 1 saturated heterocycles. The van der Waals surface area contributed by atoms with Gasteiger partial charge in [-0.05, 0) is 30.3 Å². The minimum Gasteiger partial charge on any atom is -0.425 e. The molecule has 0 bridgehead atoms. The highest BCUT2D eigenvalue weighted by atomic mass is 35.5. The summed E-state index contributed by atoms with van der Waals surface area (Å²) in [6.45, 7) is 2.30. The number of ether oxygens (including phenoxy) is 1. The predicted octanol–water partition coefficient (Wildman–Crippen LogP) is 3.52. The first-order valence-corrected chi connectivity index (χ1v) is 8.20. The molecule has 0 unspecified atom stereocenters. The SMILES string of the molecule is N#CN=C(Oc1ccccc1)N1CCN(c2ccc(Cl)cc2F)CC1. The maximum Gasteiger partial charge on any atom is 0.308 e. The number of hydrogen-bond acceptors (Lipinski definition) is 4. The van der Waals surface area contributed by atoms with Crippen LogP contribution in [0.2, 0.25) is 5.02 Å². The lowest BCUT2D eigenvalue weighted by atomic mass is 10.2. The highest BCUT2D eigenvalue weighted by Crippen LogP contribution is 2.24. The van der Waals surface area contributed by atoms with Crippen LogP contribution >= 0.6 is 11.6 Å². The van der Waals surface area contributed by atoms with Gasteiger partial charge in [-0.15, -0.1) is 4.99 Å². The van der Waals surface area contributed by atoms with Gasteiger partial charge in [0.25, 0.3) is 0 Å². The van der Waals surface area contributed by atoms with E-state index in [4.69, 9.17) is 21.6 Å². The van der Waals surface area contributed by atoms with Gasteiger partial charge in [-0.25, -0.2) is 4.39 Å². The molecule has 0 radical (unpaired) electrons. The normalized spacial score (nSPS) is 15.0. The van der Waals surface area contributed by atoms with Crippen LogP contribution in [0.3, 0.4) is 0 Å². The van der Waals surface area contributed by atoms with E-state index in [0.717, 1.165) is 0 Å². The summed E-state index contributed by atoms with van der Waals surface area (Å²) in [4.78, 5) is 7.60. The van der Waals surface area contributed by atoms with Gasteiger partial charge in [0.05, 0.1) is 5.69 Å². The van der Waals surface area contributed by atoms with Crippen LogP contribution in [0.15, 0.2) is 53.5 Å². The Morgan fingerprint density at radius 1 is 1.12 bits per heavy atom. The second kappa shape index (κ2) is 7.86. The standard InChI is InChI=1S/C18H16ClFN4O/c19-14-6-7-17(16(20)12-14)23-8-10-24(11-9-23)18(22-13-21)25-15-4-2-1-3-5-15/h1-7,12H,8-11H2. The van der Waals surface area contributed by atoms with Crippen LogP contribution in [0, 0.1) is 17.3 Å². The van der Waals surface area contributed by atoms with Gasteiger partial charge in [0.1, 0.15) is 11.6 Å². The highest BCUT2D eigenvalue weighted by Gasteiger charge is 2.23. The molecular formula is C18H16ClFN4O. The van der Waals surface area contributed by atoms with E-state index in [1.165, 1.54) is 6.07 Å². The van der Waals surface area contributed by atoms with Gasteiger partial charge in [-0.2, -0.15) is 5.26 Å². The zero-order valence-corrected chi connectivity index (χ0v) is 14.2. The predicted molar refractivity (Wildman–Crippen MR) is 95.3 cm³/mol. The molecule has 128 valence electrons. The lowest BCUT2D eigenvalue weighted by molar-refractivity contribution is 0.320. The molecule has 0 aliphatic carbocycles. The van der Waals surface area contributed by atoms with E-state index in [-0.39, 0.29) is 11.8 Å². The molecule has 1 fully saturated rings. The summed E-state index contributed by atoms with van der Waals surface area (Å²) in [6, 6.07) is 14.1. The van der Waals surface area contributed by atoms with Crippen molar-refractivity contribution in [3.63, 3.8) is 0 Å². The summed E-state index contributed by atoms with van der Waals surface area (Å²) < 4.78 is 19.8. The maximum atomic E-state index is 14.1. The van der Waals surface area contributed by atoms with Crippen molar-refractivity contribution in [3.05, 3.63) is 59.4 Å². The van der Waals surface area contributed by atoms with Crippen molar-refractivity contribution >= 4 is 23.3 Å². The van der Waals surface area contributed by atoms with Crippen molar-refractivity contribution in [3.8, 4) is 11.9 Å². The van der Waals surface area contributed by atoms with Crippen molar-refractivity contribution in [2.75, 3.05) is 31.1 Å². The van der Waals surface area contributed by atoms with Gasteiger partial charge < -0.3 is 14.5 Å². The van der Waals surface area contributed by atoms with Crippen molar-refractivity contribution in [2.45, 2.75) is 0 Å². The molecule has 2 aromatic carbocycles. The van der Waals surface area contributed by atoms with E-state index >= 15 is 0 Å². The number of nitrogens with zero attached hydrogens (tertiary/aromatic N) is 4. The topological polar surface area (TPSA) is 51.9 Å². The molecular weight excluding hydrogens is 343 g/mol. The number of nitriles is 1. The van der Waals surface area contributed by atoms with Crippen molar-refractivity contribution < 1.29 is 9.13 Å².